The lowest BCUT2D eigenvalue weighted by molar-refractivity contribution is 1.26. The monoisotopic (exact) mass is 624 g/mol. The van der Waals surface area contributed by atoms with Gasteiger partial charge >= 0.3 is 0 Å². The molecule has 0 atom stereocenters. The summed E-state index contributed by atoms with van der Waals surface area (Å²) in [6, 6.07) is 25.2. The SMILES string of the molecule is Cc1cnccc1/C=C/c1ccc(/C=C/c2ccncc2C)cc1.Cc1cnccc1/C=C/c1ccc(/C=C/c2ccncc2C)cc1. The molecule has 0 N–H and O–H groups in total. The zero-order chi connectivity index (χ0) is 33.6. The van der Waals surface area contributed by atoms with E-state index in [1.807, 2.05) is 73.8 Å². The van der Waals surface area contributed by atoms with Crippen LogP contribution in [0.3, 0.4) is 0 Å². The minimum atomic E-state index is 1.18. The van der Waals surface area contributed by atoms with Gasteiger partial charge in [0.1, 0.15) is 0 Å². The lowest BCUT2D eigenvalue weighted by Gasteiger charge is -2.00. The fourth-order valence-corrected chi connectivity index (χ4v) is 4.87. The second kappa shape index (κ2) is 17.1. The third-order valence-corrected chi connectivity index (χ3v) is 7.95. The Morgan fingerprint density at radius 1 is 0.292 bits per heavy atom. The highest BCUT2D eigenvalue weighted by atomic mass is 14.6. The van der Waals surface area contributed by atoms with Crippen molar-refractivity contribution in [1.29, 1.82) is 0 Å². The predicted octanol–water partition coefficient (Wildman–Crippen LogP) is 10.9. The molecule has 0 radical (unpaired) electrons. The van der Waals surface area contributed by atoms with Crippen molar-refractivity contribution in [3.05, 3.63) is 189 Å². The normalized spacial score (nSPS) is 11.4. The molecule has 0 aliphatic carbocycles. The molecule has 4 nitrogen and oxygen atoms in total. The van der Waals surface area contributed by atoms with Gasteiger partial charge in [0.25, 0.3) is 0 Å². The third-order valence-electron chi connectivity index (χ3n) is 7.95. The Hall–Kier alpha value is -6.00. The summed E-state index contributed by atoms with van der Waals surface area (Å²) < 4.78 is 0. The van der Waals surface area contributed by atoms with E-state index in [1.54, 1.807) is 0 Å². The Bertz CT molecular complexity index is 1750. The molecular formula is C44H40N4. The van der Waals surface area contributed by atoms with Gasteiger partial charge in [-0.2, -0.15) is 0 Å². The van der Waals surface area contributed by atoms with Gasteiger partial charge in [0.2, 0.25) is 0 Å². The van der Waals surface area contributed by atoms with Crippen LogP contribution in [0.25, 0.3) is 48.6 Å². The van der Waals surface area contributed by atoms with Gasteiger partial charge < -0.3 is 0 Å². The van der Waals surface area contributed by atoms with Crippen molar-refractivity contribution in [2.24, 2.45) is 0 Å². The maximum atomic E-state index is 4.12. The minimum absolute atomic E-state index is 1.18. The van der Waals surface area contributed by atoms with Gasteiger partial charge in [0.05, 0.1) is 0 Å². The van der Waals surface area contributed by atoms with Crippen LogP contribution < -0.4 is 0 Å². The fraction of sp³-hybridized carbons (Fsp3) is 0.0909. The first-order chi connectivity index (χ1) is 23.4. The quantitative estimate of drug-likeness (QED) is 0.169. The van der Waals surface area contributed by atoms with Gasteiger partial charge in [-0.25, -0.2) is 0 Å². The zero-order valence-electron chi connectivity index (χ0n) is 28.0. The molecule has 0 aliphatic heterocycles. The molecular weight excluding hydrogens is 585 g/mol. The third kappa shape index (κ3) is 10.0. The number of aromatic nitrogens is 4. The lowest BCUT2D eigenvalue weighted by Crippen LogP contribution is -1.82. The summed E-state index contributed by atoms with van der Waals surface area (Å²) in [5.74, 6) is 0. The van der Waals surface area contributed by atoms with E-state index >= 15 is 0 Å². The topological polar surface area (TPSA) is 51.6 Å². The van der Waals surface area contributed by atoms with Gasteiger partial charge in [-0.1, -0.05) is 97.1 Å². The molecule has 0 unspecified atom stereocenters. The first-order valence-corrected chi connectivity index (χ1v) is 16.0. The van der Waals surface area contributed by atoms with Crippen molar-refractivity contribution in [1.82, 2.24) is 19.9 Å². The van der Waals surface area contributed by atoms with Crippen LogP contribution >= 0.6 is 0 Å². The van der Waals surface area contributed by atoms with E-state index in [0.717, 1.165) is 0 Å². The number of rotatable bonds is 8. The summed E-state index contributed by atoms with van der Waals surface area (Å²) >= 11 is 0. The van der Waals surface area contributed by atoms with Gasteiger partial charge in [0.15, 0.2) is 0 Å². The van der Waals surface area contributed by atoms with Crippen molar-refractivity contribution in [2.75, 3.05) is 0 Å². The van der Waals surface area contributed by atoms with Gasteiger partial charge in [-0.15, -0.1) is 0 Å². The van der Waals surface area contributed by atoms with Crippen LogP contribution in [0.5, 0.6) is 0 Å². The van der Waals surface area contributed by atoms with Crippen molar-refractivity contribution in [2.45, 2.75) is 27.7 Å². The molecule has 0 amide bonds. The summed E-state index contributed by atoms with van der Waals surface area (Å²) in [4.78, 5) is 16.5. The zero-order valence-corrected chi connectivity index (χ0v) is 28.0. The fourth-order valence-electron chi connectivity index (χ4n) is 4.87. The molecule has 0 bridgehead atoms. The minimum Gasteiger partial charge on any atom is -0.264 e. The maximum Gasteiger partial charge on any atom is 0.0303 e. The molecule has 0 aliphatic rings. The number of nitrogens with zero attached hydrogens (tertiary/aromatic N) is 4. The Kier molecular flexibility index (Phi) is 11.9. The molecule has 0 spiro atoms. The number of hydrogen-bond acceptors (Lipinski definition) is 4. The Balaban J connectivity index is 0.000000188. The van der Waals surface area contributed by atoms with Crippen LogP contribution in [-0.2, 0) is 0 Å². The lowest BCUT2D eigenvalue weighted by atomic mass is 10.1. The second-order valence-corrected chi connectivity index (χ2v) is 11.6. The Morgan fingerprint density at radius 3 is 0.688 bits per heavy atom. The molecule has 236 valence electrons. The Labute approximate surface area is 284 Å². The summed E-state index contributed by atoms with van der Waals surface area (Å²) in [6.07, 6.45) is 31.8. The van der Waals surface area contributed by atoms with Crippen LogP contribution in [0, 0.1) is 27.7 Å². The molecule has 0 saturated carbocycles. The maximum absolute atomic E-state index is 4.12. The standard InChI is InChI=1S/2C22H20N2/c2*1-17-15-23-13-11-21(17)9-7-19-3-5-20(6-4-19)8-10-22-12-14-24-16-18(22)2/h2*3-16H,1-2H3/b2*9-7+,10-8+. The first kappa shape index (κ1) is 33.4. The van der Waals surface area contributed by atoms with Crippen LogP contribution in [-0.4, -0.2) is 19.9 Å². The number of benzene rings is 2. The highest BCUT2D eigenvalue weighted by molar-refractivity contribution is 5.75. The molecule has 48 heavy (non-hydrogen) atoms. The van der Waals surface area contributed by atoms with E-state index < -0.39 is 0 Å². The number of hydrogen-bond donors (Lipinski definition) is 0. The molecule has 4 aromatic heterocycles. The van der Waals surface area contributed by atoms with Gasteiger partial charge in [0, 0.05) is 49.6 Å². The van der Waals surface area contributed by atoms with Crippen LogP contribution in [0.4, 0.5) is 0 Å². The van der Waals surface area contributed by atoms with Crippen LogP contribution in [0.15, 0.2) is 122 Å². The van der Waals surface area contributed by atoms with Crippen molar-refractivity contribution >= 4 is 48.6 Å². The average Bonchev–Trinajstić information content (AvgIpc) is 3.11. The highest BCUT2D eigenvalue weighted by Crippen LogP contribution is 2.16. The highest BCUT2D eigenvalue weighted by Gasteiger charge is 1.97. The van der Waals surface area contributed by atoms with Crippen LogP contribution in [0.2, 0.25) is 0 Å². The molecule has 4 heteroatoms. The van der Waals surface area contributed by atoms with Crippen molar-refractivity contribution in [3.63, 3.8) is 0 Å². The summed E-state index contributed by atoms with van der Waals surface area (Å²) in [6.45, 7) is 8.28. The smallest absolute Gasteiger partial charge is 0.0303 e. The molecule has 0 saturated heterocycles. The largest absolute Gasteiger partial charge is 0.264 e. The molecule has 6 aromatic rings. The Morgan fingerprint density at radius 2 is 0.500 bits per heavy atom. The summed E-state index contributed by atoms with van der Waals surface area (Å²) in [5.41, 5.74) is 14.2. The van der Waals surface area contributed by atoms with E-state index in [2.05, 4.69) is 145 Å². The number of pyridine rings is 4. The molecule has 0 fully saturated rings. The molecule has 2 aromatic carbocycles. The molecule has 4 heterocycles. The average molecular weight is 625 g/mol. The molecule has 6 rings (SSSR count). The van der Waals surface area contributed by atoms with Gasteiger partial charge in [-0.05, 0) is 119 Å². The number of aryl methyl sites for hydroxylation is 4. The first-order valence-electron chi connectivity index (χ1n) is 16.0. The second-order valence-electron chi connectivity index (χ2n) is 11.6. The van der Waals surface area contributed by atoms with E-state index in [-0.39, 0.29) is 0 Å². The summed E-state index contributed by atoms with van der Waals surface area (Å²) in [7, 11) is 0. The van der Waals surface area contributed by atoms with E-state index in [4.69, 9.17) is 0 Å². The predicted molar refractivity (Wildman–Crippen MR) is 204 cm³/mol. The van der Waals surface area contributed by atoms with E-state index in [9.17, 15) is 0 Å². The van der Waals surface area contributed by atoms with Crippen LogP contribution in [0.1, 0.15) is 66.8 Å². The van der Waals surface area contributed by atoms with Crippen molar-refractivity contribution in [3.8, 4) is 0 Å². The van der Waals surface area contributed by atoms with Gasteiger partial charge in [-0.3, -0.25) is 19.9 Å². The van der Waals surface area contributed by atoms with Crippen molar-refractivity contribution < 1.29 is 0 Å². The summed E-state index contributed by atoms with van der Waals surface area (Å²) in [5, 5.41) is 0. The van der Waals surface area contributed by atoms with E-state index in [0.29, 0.717) is 0 Å². The van der Waals surface area contributed by atoms with E-state index in [1.165, 1.54) is 66.8 Å².